The van der Waals surface area contributed by atoms with Gasteiger partial charge in [-0.15, -0.1) is 0 Å². The molecule has 2 fully saturated rings. The predicted molar refractivity (Wildman–Crippen MR) is 104 cm³/mol. The summed E-state index contributed by atoms with van der Waals surface area (Å²) in [6.45, 7) is 7.22. The molecule has 2 atom stereocenters. The van der Waals surface area contributed by atoms with Crippen LogP contribution in [-0.4, -0.2) is 42.9 Å². The Morgan fingerprint density at radius 2 is 1.92 bits per heavy atom. The third kappa shape index (κ3) is 3.78. The molecule has 2 N–H and O–H groups in total. The molecule has 1 aliphatic heterocycles. The molecule has 2 amide bonds. The van der Waals surface area contributed by atoms with Crippen LogP contribution in [0.1, 0.15) is 45.1 Å². The molecule has 1 saturated carbocycles. The maximum atomic E-state index is 13.0. The molecule has 2 aliphatic rings. The molecular weight excluding hydrogens is 326 g/mol. The molecule has 0 unspecified atom stereocenters. The largest absolute Gasteiger partial charge is 0.343 e. The van der Waals surface area contributed by atoms with Crippen molar-refractivity contribution >= 4 is 17.5 Å². The molecule has 1 aromatic rings. The van der Waals surface area contributed by atoms with Crippen molar-refractivity contribution < 1.29 is 9.59 Å². The Morgan fingerprint density at radius 1 is 1.19 bits per heavy atom. The summed E-state index contributed by atoms with van der Waals surface area (Å²) < 4.78 is 0. The van der Waals surface area contributed by atoms with Crippen LogP contribution < -0.4 is 10.6 Å². The van der Waals surface area contributed by atoms with E-state index in [1.54, 1.807) is 0 Å². The number of nitrogens with zero attached hydrogens (tertiary/aromatic N) is 1. The molecule has 5 heteroatoms. The van der Waals surface area contributed by atoms with Crippen molar-refractivity contribution in [2.24, 2.45) is 11.3 Å². The zero-order valence-electron chi connectivity index (χ0n) is 16.0. The first-order chi connectivity index (χ1) is 12.6. The minimum atomic E-state index is -0.240. The number of fused-ring (bicyclic) bond motifs is 1. The molecular formula is C21H31N3O2. The molecule has 1 aliphatic carbocycles. The first kappa shape index (κ1) is 18.9. The first-order valence-corrected chi connectivity index (χ1v) is 9.98. The van der Waals surface area contributed by atoms with Gasteiger partial charge in [-0.25, -0.2) is 0 Å². The van der Waals surface area contributed by atoms with E-state index >= 15 is 0 Å². The van der Waals surface area contributed by atoms with Gasteiger partial charge >= 0.3 is 0 Å². The number of benzene rings is 1. The van der Waals surface area contributed by atoms with E-state index in [1.807, 2.05) is 43.0 Å². The van der Waals surface area contributed by atoms with Crippen LogP contribution in [0.2, 0.25) is 0 Å². The quantitative estimate of drug-likeness (QED) is 0.823. The van der Waals surface area contributed by atoms with E-state index in [9.17, 15) is 9.59 Å². The summed E-state index contributed by atoms with van der Waals surface area (Å²) in [5.74, 6) is 0.758. The summed E-state index contributed by atoms with van der Waals surface area (Å²) in [5, 5.41) is 6.55. The molecule has 0 aromatic heterocycles. The second-order valence-electron chi connectivity index (χ2n) is 7.62. The van der Waals surface area contributed by atoms with Crippen LogP contribution in [0, 0.1) is 11.3 Å². The van der Waals surface area contributed by atoms with Crippen molar-refractivity contribution in [3.8, 4) is 0 Å². The van der Waals surface area contributed by atoms with Crippen molar-refractivity contribution in [1.29, 1.82) is 0 Å². The van der Waals surface area contributed by atoms with Gasteiger partial charge in [0.2, 0.25) is 11.8 Å². The fraction of sp³-hybridized carbons (Fsp3) is 0.619. The van der Waals surface area contributed by atoms with Crippen LogP contribution in [0.4, 0.5) is 5.69 Å². The number of amides is 2. The summed E-state index contributed by atoms with van der Waals surface area (Å²) >= 11 is 0. The summed E-state index contributed by atoms with van der Waals surface area (Å²) in [6.07, 6.45) is 4.90. The van der Waals surface area contributed by atoms with E-state index in [2.05, 4.69) is 10.6 Å². The molecule has 0 spiro atoms. The van der Waals surface area contributed by atoms with Crippen molar-refractivity contribution in [3.05, 3.63) is 29.8 Å². The zero-order valence-corrected chi connectivity index (χ0v) is 16.0. The van der Waals surface area contributed by atoms with Gasteiger partial charge < -0.3 is 15.5 Å². The van der Waals surface area contributed by atoms with E-state index in [0.29, 0.717) is 12.3 Å². The Morgan fingerprint density at radius 3 is 2.62 bits per heavy atom. The topological polar surface area (TPSA) is 61.4 Å². The Bertz CT molecular complexity index is 639. The van der Waals surface area contributed by atoms with E-state index in [0.717, 1.165) is 56.7 Å². The van der Waals surface area contributed by atoms with Gasteiger partial charge in [-0.3, -0.25) is 9.59 Å². The molecule has 1 aromatic carbocycles. The number of hydrogen-bond donors (Lipinski definition) is 2. The van der Waals surface area contributed by atoms with Gasteiger partial charge in [0.1, 0.15) is 0 Å². The summed E-state index contributed by atoms with van der Waals surface area (Å²) in [4.78, 5) is 27.0. The maximum absolute atomic E-state index is 13.0. The Balaban J connectivity index is 1.62. The van der Waals surface area contributed by atoms with Crippen molar-refractivity contribution in [2.75, 3.05) is 31.5 Å². The highest BCUT2D eigenvalue weighted by molar-refractivity contribution is 5.96. The monoisotopic (exact) mass is 357 g/mol. The molecule has 3 rings (SSSR count). The smallest absolute Gasteiger partial charge is 0.232 e. The lowest BCUT2D eigenvalue weighted by Crippen LogP contribution is -2.44. The van der Waals surface area contributed by atoms with Gasteiger partial charge in [0.15, 0.2) is 0 Å². The van der Waals surface area contributed by atoms with Crippen molar-refractivity contribution in [2.45, 2.75) is 46.0 Å². The fourth-order valence-electron chi connectivity index (χ4n) is 4.51. The Kier molecular flexibility index (Phi) is 5.97. The van der Waals surface area contributed by atoms with Crippen molar-refractivity contribution in [3.63, 3.8) is 0 Å². The molecule has 1 saturated heterocycles. The fourth-order valence-corrected chi connectivity index (χ4v) is 4.51. The minimum Gasteiger partial charge on any atom is -0.343 e. The van der Waals surface area contributed by atoms with Gasteiger partial charge in [-0.2, -0.15) is 0 Å². The third-order valence-electron chi connectivity index (χ3n) is 6.17. The Labute approximate surface area is 156 Å². The molecule has 5 nitrogen and oxygen atoms in total. The van der Waals surface area contributed by atoms with Gasteiger partial charge in [0, 0.05) is 25.3 Å². The number of hydrogen-bond acceptors (Lipinski definition) is 3. The summed E-state index contributed by atoms with van der Waals surface area (Å²) in [7, 11) is 0. The molecule has 26 heavy (non-hydrogen) atoms. The number of anilines is 1. The predicted octanol–water partition coefficient (Wildman–Crippen LogP) is 2.82. The van der Waals surface area contributed by atoms with Gasteiger partial charge in [-0.1, -0.05) is 25.0 Å². The molecule has 1 heterocycles. The van der Waals surface area contributed by atoms with E-state index in [-0.39, 0.29) is 17.2 Å². The molecule has 142 valence electrons. The number of carbonyl (C=O) groups is 2. The van der Waals surface area contributed by atoms with E-state index in [1.165, 1.54) is 6.42 Å². The standard InChI is InChI=1S/C21H31N3O2/c1-3-24(4-2)19(25)13-16-8-10-18(11-9-16)23-20(26)21-12-6-5-7-17(21)14-22-15-21/h8-11,17,22H,3-7,12-15H2,1-2H3,(H,23,26)/t17-,21+/m0/s1. The lowest BCUT2D eigenvalue weighted by Gasteiger charge is -2.37. The Hall–Kier alpha value is -1.88. The minimum absolute atomic E-state index is 0.146. The van der Waals surface area contributed by atoms with E-state index in [4.69, 9.17) is 0 Å². The number of nitrogens with one attached hydrogen (secondary N) is 2. The van der Waals surface area contributed by atoms with Gasteiger partial charge in [0.25, 0.3) is 0 Å². The van der Waals surface area contributed by atoms with Gasteiger partial charge in [-0.05, 0) is 56.8 Å². The highest BCUT2D eigenvalue weighted by Gasteiger charge is 2.49. The third-order valence-corrected chi connectivity index (χ3v) is 6.17. The number of likely N-dealkylation sites (N-methyl/N-ethyl adjacent to an activating group) is 1. The van der Waals surface area contributed by atoms with Crippen LogP contribution >= 0.6 is 0 Å². The van der Waals surface area contributed by atoms with Crippen LogP contribution in [0.5, 0.6) is 0 Å². The summed E-state index contributed by atoms with van der Waals surface area (Å²) in [6, 6.07) is 7.72. The highest BCUT2D eigenvalue weighted by Crippen LogP contribution is 2.44. The van der Waals surface area contributed by atoms with Crippen LogP contribution in [-0.2, 0) is 16.0 Å². The number of rotatable bonds is 6. The lowest BCUT2D eigenvalue weighted by atomic mass is 9.67. The second kappa shape index (κ2) is 8.21. The highest BCUT2D eigenvalue weighted by atomic mass is 16.2. The van der Waals surface area contributed by atoms with E-state index < -0.39 is 0 Å². The average Bonchev–Trinajstić information content (AvgIpc) is 3.10. The van der Waals surface area contributed by atoms with Crippen LogP contribution in [0.15, 0.2) is 24.3 Å². The van der Waals surface area contributed by atoms with Crippen LogP contribution in [0.3, 0.4) is 0 Å². The first-order valence-electron chi connectivity index (χ1n) is 9.98. The normalized spacial score (nSPS) is 24.8. The maximum Gasteiger partial charge on any atom is 0.232 e. The molecule has 0 bridgehead atoms. The number of carbonyl (C=O) groups excluding carboxylic acids is 2. The zero-order chi connectivity index (χ0) is 18.6. The van der Waals surface area contributed by atoms with Gasteiger partial charge in [0.05, 0.1) is 11.8 Å². The average molecular weight is 357 g/mol. The lowest BCUT2D eigenvalue weighted by molar-refractivity contribution is -0.130. The van der Waals surface area contributed by atoms with Crippen LogP contribution in [0.25, 0.3) is 0 Å². The SMILES string of the molecule is CCN(CC)C(=O)Cc1ccc(NC(=O)[C@@]23CCCC[C@H]2CNC3)cc1. The summed E-state index contributed by atoms with van der Waals surface area (Å²) in [5.41, 5.74) is 1.56. The second-order valence-corrected chi connectivity index (χ2v) is 7.62. The molecule has 0 radical (unpaired) electrons. The van der Waals surface area contributed by atoms with Crippen molar-refractivity contribution in [1.82, 2.24) is 10.2 Å².